The van der Waals surface area contributed by atoms with Crippen molar-refractivity contribution in [1.29, 1.82) is 0 Å². The summed E-state index contributed by atoms with van der Waals surface area (Å²) in [6.07, 6.45) is 11.0. The van der Waals surface area contributed by atoms with E-state index < -0.39 is 0 Å². The summed E-state index contributed by atoms with van der Waals surface area (Å²) >= 11 is 0. The van der Waals surface area contributed by atoms with Gasteiger partial charge in [-0.2, -0.15) is 0 Å². The number of hydrogen-bond donors (Lipinski definition) is 2. The first-order chi connectivity index (χ1) is 8.90. The predicted octanol–water partition coefficient (Wildman–Crippen LogP) is 3.00. The molecule has 102 valence electrons. The molecule has 0 aromatic carbocycles. The van der Waals surface area contributed by atoms with Crippen LogP contribution in [-0.2, 0) is 0 Å². The van der Waals surface area contributed by atoms with Gasteiger partial charge in [-0.3, -0.25) is 0 Å². The van der Waals surface area contributed by atoms with Crippen molar-refractivity contribution >= 4 is 0 Å². The summed E-state index contributed by atoms with van der Waals surface area (Å²) in [6.45, 7) is 4.79. The van der Waals surface area contributed by atoms with Crippen molar-refractivity contribution in [2.24, 2.45) is 5.92 Å². The Morgan fingerprint density at radius 2 is 2.11 bits per heavy atom. The number of rotatable bonds is 4. The van der Waals surface area contributed by atoms with Gasteiger partial charge in [-0.15, -0.1) is 0 Å². The first-order valence-corrected chi connectivity index (χ1v) is 8.09. The van der Waals surface area contributed by atoms with Crippen LogP contribution in [0.1, 0.15) is 58.3 Å². The smallest absolute Gasteiger partial charge is 0.0286 e. The minimum Gasteiger partial charge on any atom is -0.310 e. The van der Waals surface area contributed by atoms with E-state index in [0.717, 1.165) is 18.0 Å². The van der Waals surface area contributed by atoms with Crippen LogP contribution in [0.2, 0.25) is 0 Å². The second-order valence-electron chi connectivity index (χ2n) is 6.32. The summed E-state index contributed by atoms with van der Waals surface area (Å²) in [6, 6.07) is 1.46. The molecular formula is C16H28N2. The van der Waals surface area contributed by atoms with Crippen LogP contribution in [0, 0.1) is 5.92 Å². The molecule has 2 N–H and O–H groups in total. The number of nitrogens with one attached hydrogen (secondary N) is 2. The molecule has 0 radical (unpaired) electrons. The highest BCUT2D eigenvalue weighted by atomic mass is 15.0. The Bertz CT molecular complexity index is 321. The Kier molecular flexibility index (Phi) is 4.05. The molecule has 3 aliphatic rings. The number of fused-ring (bicyclic) bond motifs is 2. The van der Waals surface area contributed by atoms with Crippen LogP contribution in [-0.4, -0.2) is 25.2 Å². The fourth-order valence-corrected chi connectivity index (χ4v) is 4.23. The van der Waals surface area contributed by atoms with Crippen molar-refractivity contribution < 1.29 is 0 Å². The molecule has 2 aliphatic heterocycles. The van der Waals surface area contributed by atoms with Crippen LogP contribution in [0.25, 0.3) is 0 Å². The molecule has 3 unspecified atom stereocenters. The normalized spacial score (nSPS) is 35.5. The van der Waals surface area contributed by atoms with Crippen molar-refractivity contribution in [3.05, 3.63) is 11.1 Å². The highest BCUT2D eigenvalue weighted by Crippen LogP contribution is 2.40. The highest BCUT2D eigenvalue weighted by molar-refractivity contribution is 5.33. The van der Waals surface area contributed by atoms with E-state index in [1.54, 1.807) is 0 Å². The van der Waals surface area contributed by atoms with Crippen LogP contribution in [0.4, 0.5) is 0 Å². The summed E-state index contributed by atoms with van der Waals surface area (Å²) in [7, 11) is 0. The van der Waals surface area contributed by atoms with E-state index in [2.05, 4.69) is 17.6 Å². The van der Waals surface area contributed by atoms with Gasteiger partial charge >= 0.3 is 0 Å². The van der Waals surface area contributed by atoms with Gasteiger partial charge in [-0.05, 0) is 50.1 Å². The Morgan fingerprint density at radius 3 is 3.00 bits per heavy atom. The molecule has 2 nitrogen and oxygen atoms in total. The average Bonchev–Trinajstić information content (AvgIpc) is 2.83. The van der Waals surface area contributed by atoms with Crippen LogP contribution < -0.4 is 10.6 Å². The molecule has 3 rings (SSSR count). The zero-order valence-corrected chi connectivity index (χ0v) is 11.8. The van der Waals surface area contributed by atoms with E-state index in [4.69, 9.17) is 0 Å². The Hall–Kier alpha value is -0.340. The fourth-order valence-electron chi connectivity index (χ4n) is 4.23. The van der Waals surface area contributed by atoms with Gasteiger partial charge in [0.05, 0.1) is 0 Å². The summed E-state index contributed by atoms with van der Waals surface area (Å²) in [5.41, 5.74) is 3.65. The number of unbranched alkanes of at least 4 members (excludes halogenated alkanes) is 2. The van der Waals surface area contributed by atoms with E-state index >= 15 is 0 Å². The predicted molar refractivity (Wildman–Crippen MR) is 76.7 cm³/mol. The maximum atomic E-state index is 3.80. The number of hydrogen-bond acceptors (Lipinski definition) is 2. The monoisotopic (exact) mass is 248 g/mol. The Balaban J connectivity index is 1.74. The Labute approximate surface area is 112 Å². The lowest BCUT2D eigenvalue weighted by molar-refractivity contribution is 0.393. The highest BCUT2D eigenvalue weighted by Gasteiger charge is 2.38. The fraction of sp³-hybridized carbons (Fsp3) is 0.875. The van der Waals surface area contributed by atoms with Gasteiger partial charge in [0.15, 0.2) is 0 Å². The van der Waals surface area contributed by atoms with Crippen LogP contribution >= 0.6 is 0 Å². The van der Waals surface area contributed by atoms with Crippen molar-refractivity contribution in [1.82, 2.24) is 10.6 Å². The molecule has 18 heavy (non-hydrogen) atoms. The van der Waals surface area contributed by atoms with E-state index in [0.29, 0.717) is 0 Å². The minimum absolute atomic E-state index is 0.722. The van der Waals surface area contributed by atoms with Gasteiger partial charge in [0.2, 0.25) is 0 Å². The third-order valence-electron chi connectivity index (χ3n) is 5.13. The zero-order valence-electron chi connectivity index (χ0n) is 11.8. The minimum atomic E-state index is 0.722. The molecule has 2 saturated heterocycles. The maximum absolute atomic E-state index is 3.80. The third kappa shape index (κ3) is 2.37. The van der Waals surface area contributed by atoms with Crippen molar-refractivity contribution in [3.8, 4) is 0 Å². The molecular weight excluding hydrogens is 220 g/mol. The molecule has 0 aromatic heterocycles. The quantitative estimate of drug-likeness (QED) is 0.590. The Morgan fingerprint density at radius 1 is 1.17 bits per heavy atom. The second kappa shape index (κ2) is 5.75. The standard InChI is InChI=1S/C16H28N2/c1-2-3-4-7-15-16-12(11-18-15)8-9-14-13(16)6-5-10-17-14/h12,14-15,17-18H,2-11H2,1H3. The van der Waals surface area contributed by atoms with E-state index in [1.807, 2.05) is 11.1 Å². The molecule has 2 fully saturated rings. The molecule has 3 atom stereocenters. The topological polar surface area (TPSA) is 24.1 Å². The first-order valence-electron chi connectivity index (χ1n) is 8.09. The molecule has 2 heterocycles. The summed E-state index contributed by atoms with van der Waals surface area (Å²) < 4.78 is 0. The largest absolute Gasteiger partial charge is 0.310 e. The molecule has 0 spiro atoms. The van der Waals surface area contributed by atoms with Gasteiger partial charge < -0.3 is 10.6 Å². The molecule has 1 aliphatic carbocycles. The molecule has 0 aromatic rings. The molecule has 0 saturated carbocycles. The SMILES string of the molecule is CCCCCC1NCC2CCC3NCCCC3=C21. The van der Waals surface area contributed by atoms with Gasteiger partial charge in [0.25, 0.3) is 0 Å². The van der Waals surface area contributed by atoms with Crippen LogP contribution in [0.5, 0.6) is 0 Å². The summed E-state index contributed by atoms with van der Waals surface area (Å²) in [4.78, 5) is 0. The first kappa shape index (κ1) is 12.7. The lowest BCUT2D eigenvalue weighted by Gasteiger charge is -2.36. The lowest BCUT2D eigenvalue weighted by atomic mass is 9.76. The van der Waals surface area contributed by atoms with Crippen molar-refractivity contribution in [3.63, 3.8) is 0 Å². The zero-order chi connectivity index (χ0) is 12.4. The molecule has 0 bridgehead atoms. The van der Waals surface area contributed by atoms with Gasteiger partial charge in [-0.1, -0.05) is 31.8 Å². The van der Waals surface area contributed by atoms with Crippen molar-refractivity contribution in [2.75, 3.05) is 13.1 Å². The van der Waals surface area contributed by atoms with E-state index in [9.17, 15) is 0 Å². The second-order valence-corrected chi connectivity index (χ2v) is 6.32. The lowest BCUT2D eigenvalue weighted by Crippen LogP contribution is -2.40. The van der Waals surface area contributed by atoms with Crippen LogP contribution in [0.15, 0.2) is 11.1 Å². The average molecular weight is 248 g/mol. The van der Waals surface area contributed by atoms with E-state index in [-0.39, 0.29) is 0 Å². The van der Waals surface area contributed by atoms with Gasteiger partial charge in [-0.25, -0.2) is 0 Å². The summed E-state index contributed by atoms with van der Waals surface area (Å²) in [5, 5.41) is 7.54. The van der Waals surface area contributed by atoms with Crippen molar-refractivity contribution in [2.45, 2.75) is 70.4 Å². The summed E-state index contributed by atoms with van der Waals surface area (Å²) in [5.74, 6) is 0.878. The molecule has 2 heteroatoms. The van der Waals surface area contributed by atoms with Gasteiger partial charge in [0.1, 0.15) is 0 Å². The third-order valence-corrected chi connectivity index (χ3v) is 5.13. The maximum Gasteiger partial charge on any atom is 0.0286 e. The molecule has 0 amide bonds. The number of piperidine rings is 1. The van der Waals surface area contributed by atoms with Crippen LogP contribution in [0.3, 0.4) is 0 Å². The van der Waals surface area contributed by atoms with E-state index in [1.165, 1.54) is 64.5 Å². The van der Waals surface area contributed by atoms with Gasteiger partial charge in [0, 0.05) is 18.6 Å².